The van der Waals surface area contributed by atoms with Gasteiger partial charge in [0.15, 0.2) is 0 Å². The van der Waals surface area contributed by atoms with E-state index in [1.807, 2.05) is 0 Å². The molecule has 0 aliphatic carbocycles. The molecule has 0 bridgehead atoms. The zero-order chi connectivity index (χ0) is 18.5. The quantitative estimate of drug-likeness (QED) is 0.450. The van der Waals surface area contributed by atoms with E-state index in [1.165, 1.54) is 22.3 Å². The van der Waals surface area contributed by atoms with Gasteiger partial charge in [-0.15, -0.1) is 11.3 Å². The highest BCUT2D eigenvalue weighted by Gasteiger charge is 2.14. The smallest absolute Gasteiger partial charge is 0.123 e. The Labute approximate surface area is 164 Å². The molecule has 0 radical (unpaired) electrons. The molecule has 0 aliphatic heterocycles. The van der Waals surface area contributed by atoms with E-state index >= 15 is 0 Å². The van der Waals surface area contributed by atoms with Gasteiger partial charge in [0.05, 0.1) is 11.7 Å². The van der Waals surface area contributed by atoms with E-state index in [9.17, 15) is 0 Å². The van der Waals surface area contributed by atoms with E-state index in [-0.39, 0.29) is 6.04 Å². The second-order valence-electron chi connectivity index (χ2n) is 6.65. The van der Waals surface area contributed by atoms with Crippen LogP contribution in [-0.4, -0.2) is 4.98 Å². The monoisotopic (exact) mass is 370 g/mol. The maximum atomic E-state index is 4.83. The van der Waals surface area contributed by atoms with E-state index in [2.05, 4.69) is 103 Å². The molecular weight excluding hydrogens is 348 g/mol. The third-order valence-electron chi connectivity index (χ3n) is 4.60. The number of nitrogens with one attached hydrogen (secondary N) is 1. The lowest BCUT2D eigenvalue weighted by molar-refractivity contribution is 0.599. The lowest BCUT2D eigenvalue weighted by atomic mass is 9.99. The summed E-state index contributed by atoms with van der Waals surface area (Å²) in [5.74, 6) is 0. The summed E-state index contributed by atoms with van der Waals surface area (Å²) in [6.07, 6.45) is 0. The van der Waals surface area contributed by atoms with Crippen molar-refractivity contribution >= 4 is 11.3 Å². The molecule has 0 unspecified atom stereocenters. The van der Waals surface area contributed by atoms with Gasteiger partial charge in [0.2, 0.25) is 0 Å². The first kappa shape index (κ1) is 17.7. The normalized spacial score (nSPS) is 11.0. The van der Waals surface area contributed by atoms with E-state index in [0.29, 0.717) is 0 Å². The Hall–Kier alpha value is -2.75. The molecule has 1 N–H and O–H groups in total. The van der Waals surface area contributed by atoms with E-state index < -0.39 is 0 Å². The van der Waals surface area contributed by atoms with Gasteiger partial charge >= 0.3 is 0 Å². The second-order valence-corrected chi connectivity index (χ2v) is 7.50. The standard InChI is InChI=1S/C24H22N2S/c1-18-12-14-21(15-13-18)24-26-22(17-27-24)16-25-23(19-8-4-2-5-9-19)20-10-6-3-7-11-20/h2-15,17,23,25H,16H2,1H3. The van der Waals surface area contributed by atoms with Crippen LogP contribution in [0, 0.1) is 6.92 Å². The number of hydrogen-bond donors (Lipinski definition) is 1. The molecule has 3 aromatic carbocycles. The molecular formula is C24H22N2S. The predicted molar refractivity (Wildman–Crippen MR) is 114 cm³/mol. The number of benzene rings is 3. The predicted octanol–water partition coefficient (Wildman–Crippen LogP) is 6.00. The molecule has 1 heterocycles. The van der Waals surface area contributed by atoms with Crippen molar-refractivity contribution in [3.63, 3.8) is 0 Å². The van der Waals surface area contributed by atoms with Crippen molar-refractivity contribution < 1.29 is 0 Å². The molecule has 0 spiro atoms. The van der Waals surface area contributed by atoms with Crippen molar-refractivity contribution in [1.29, 1.82) is 0 Å². The van der Waals surface area contributed by atoms with Crippen LogP contribution in [-0.2, 0) is 6.54 Å². The summed E-state index contributed by atoms with van der Waals surface area (Å²) in [7, 11) is 0. The van der Waals surface area contributed by atoms with Crippen LogP contribution in [0.15, 0.2) is 90.3 Å². The molecule has 0 amide bonds. The molecule has 0 aliphatic rings. The molecule has 0 saturated carbocycles. The van der Waals surface area contributed by atoms with Crippen LogP contribution in [0.5, 0.6) is 0 Å². The van der Waals surface area contributed by atoms with Crippen LogP contribution in [0.2, 0.25) is 0 Å². The maximum absolute atomic E-state index is 4.83. The molecule has 4 aromatic rings. The van der Waals surface area contributed by atoms with Crippen LogP contribution < -0.4 is 5.32 Å². The highest BCUT2D eigenvalue weighted by atomic mass is 32.1. The maximum Gasteiger partial charge on any atom is 0.123 e. The first-order chi connectivity index (χ1) is 13.3. The fraction of sp³-hybridized carbons (Fsp3) is 0.125. The number of rotatable bonds is 6. The Kier molecular flexibility index (Phi) is 5.42. The van der Waals surface area contributed by atoms with Gasteiger partial charge in [-0.1, -0.05) is 90.5 Å². The minimum absolute atomic E-state index is 0.150. The Morgan fingerprint density at radius 2 is 1.41 bits per heavy atom. The molecule has 0 atom stereocenters. The van der Waals surface area contributed by atoms with Crippen molar-refractivity contribution in [3.05, 3.63) is 113 Å². The fourth-order valence-electron chi connectivity index (χ4n) is 3.14. The molecule has 2 nitrogen and oxygen atoms in total. The largest absolute Gasteiger partial charge is 0.301 e. The molecule has 1 aromatic heterocycles. The van der Waals surface area contributed by atoms with Gasteiger partial charge in [0.1, 0.15) is 5.01 Å². The minimum Gasteiger partial charge on any atom is -0.301 e. The van der Waals surface area contributed by atoms with Gasteiger partial charge in [-0.3, -0.25) is 0 Å². The molecule has 0 saturated heterocycles. The van der Waals surface area contributed by atoms with Crippen molar-refractivity contribution in [3.8, 4) is 10.6 Å². The topological polar surface area (TPSA) is 24.9 Å². The van der Waals surface area contributed by atoms with Crippen molar-refractivity contribution in [1.82, 2.24) is 10.3 Å². The Bertz CT molecular complexity index is 936. The van der Waals surface area contributed by atoms with E-state index in [4.69, 9.17) is 4.98 Å². The first-order valence-corrected chi connectivity index (χ1v) is 10.0. The lowest BCUT2D eigenvalue weighted by Crippen LogP contribution is -2.22. The first-order valence-electron chi connectivity index (χ1n) is 9.14. The summed E-state index contributed by atoms with van der Waals surface area (Å²) in [6, 6.07) is 29.8. The van der Waals surface area contributed by atoms with Gasteiger partial charge in [-0.25, -0.2) is 4.98 Å². The van der Waals surface area contributed by atoms with Crippen molar-refractivity contribution in [2.24, 2.45) is 0 Å². The summed E-state index contributed by atoms with van der Waals surface area (Å²) in [5.41, 5.74) is 6.05. The molecule has 4 rings (SSSR count). The number of hydrogen-bond acceptors (Lipinski definition) is 3. The average Bonchev–Trinajstić information content (AvgIpc) is 3.19. The fourth-order valence-corrected chi connectivity index (χ4v) is 3.97. The summed E-state index contributed by atoms with van der Waals surface area (Å²) in [6.45, 7) is 2.84. The number of nitrogens with zero attached hydrogens (tertiary/aromatic N) is 1. The lowest BCUT2D eigenvalue weighted by Gasteiger charge is -2.19. The van der Waals surface area contributed by atoms with Crippen LogP contribution in [0.25, 0.3) is 10.6 Å². The molecule has 3 heteroatoms. The second kappa shape index (κ2) is 8.30. The Balaban J connectivity index is 1.52. The van der Waals surface area contributed by atoms with Gasteiger partial charge in [-0.2, -0.15) is 0 Å². The summed E-state index contributed by atoms with van der Waals surface area (Å²) in [5, 5.41) is 6.91. The van der Waals surface area contributed by atoms with Crippen molar-refractivity contribution in [2.45, 2.75) is 19.5 Å². The van der Waals surface area contributed by atoms with Crippen LogP contribution >= 0.6 is 11.3 Å². The number of aromatic nitrogens is 1. The number of aryl methyl sites for hydroxylation is 1. The Morgan fingerprint density at radius 3 is 2.00 bits per heavy atom. The summed E-state index contributed by atoms with van der Waals surface area (Å²) in [4.78, 5) is 4.83. The third-order valence-corrected chi connectivity index (χ3v) is 5.54. The zero-order valence-corrected chi connectivity index (χ0v) is 16.1. The summed E-state index contributed by atoms with van der Waals surface area (Å²) < 4.78 is 0. The molecule has 0 fully saturated rings. The summed E-state index contributed by atoms with van der Waals surface area (Å²) >= 11 is 1.70. The highest BCUT2D eigenvalue weighted by molar-refractivity contribution is 7.13. The van der Waals surface area contributed by atoms with Gasteiger partial charge in [0.25, 0.3) is 0 Å². The number of thiazole rings is 1. The van der Waals surface area contributed by atoms with Gasteiger partial charge < -0.3 is 5.32 Å². The van der Waals surface area contributed by atoms with Crippen LogP contribution in [0.1, 0.15) is 28.4 Å². The minimum atomic E-state index is 0.150. The van der Waals surface area contributed by atoms with Gasteiger partial charge in [0, 0.05) is 17.5 Å². The molecule has 134 valence electrons. The zero-order valence-electron chi connectivity index (χ0n) is 15.3. The molecule has 27 heavy (non-hydrogen) atoms. The van der Waals surface area contributed by atoms with E-state index in [1.54, 1.807) is 11.3 Å². The SMILES string of the molecule is Cc1ccc(-c2nc(CNC(c3ccccc3)c3ccccc3)cs2)cc1. The van der Waals surface area contributed by atoms with Crippen molar-refractivity contribution in [2.75, 3.05) is 0 Å². The van der Waals surface area contributed by atoms with Crippen LogP contribution in [0.4, 0.5) is 0 Å². The van der Waals surface area contributed by atoms with Crippen LogP contribution in [0.3, 0.4) is 0 Å². The third kappa shape index (κ3) is 4.33. The average molecular weight is 371 g/mol. The van der Waals surface area contributed by atoms with E-state index in [0.717, 1.165) is 17.2 Å². The highest BCUT2D eigenvalue weighted by Crippen LogP contribution is 2.26. The van der Waals surface area contributed by atoms with Gasteiger partial charge in [-0.05, 0) is 18.1 Å². The Morgan fingerprint density at radius 1 is 0.815 bits per heavy atom.